The van der Waals surface area contributed by atoms with E-state index in [1.807, 2.05) is 30.3 Å². The monoisotopic (exact) mass is 405 g/mol. The fourth-order valence-electron chi connectivity index (χ4n) is 3.75. The molecule has 4 rings (SSSR count). The molecule has 0 radical (unpaired) electrons. The van der Waals surface area contributed by atoms with E-state index in [0.29, 0.717) is 0 Å². The molecule has 0 bridgehead atoms. The predicted molar refractivity (Wildman–Crippen MR) is 119 cm³/mol. The zero-order valence-corrected chi connectivity index (χ0v) is 17.0. The first kappa shape index (κ1) is 19.6. The van der Waals surface area contributed by atoms with Crippen LogP contribution in [0.15, 0.2) is 71.8 Å². The van der Waals surface area contributed by atoms with Gasteiger partial charge in [-0.05, 0) is 66.0 Å². The van der Waals surface area contributed by atoms with Crippen LogP contribution in [0.3, 0.4) is 0 Å². The van der Waals surface area contributed by atoms with Gasteiger partial charge in [-0.25, -0.2) is 5.43 Å². The zero-order valence-electron chi connectivity index (χ0n) is 16.2. The molecule has 0 saturated carbocycles. The number of nitrogens with zero attached hydrogens (tertiary/aromatic N) is 2. The van der Waals surface area contributed by atoms with E-state index >= 15 is 0 Å². The van der Waals surface area contributed by atoms with E-state index in [1.165, 1.54) is 10.9 Å². The molecule has 0 spiro atoms. The first-order valence-corrected chi connectivity index (χ1v) is 10.3. The lowest BCUT2D eigenvalue weighted by molar-refractivity contribution is -0.126. The second kappa shape index (κ2) is 9.21. The number of benzene rings is 3. The van der Waals surface area contributed by atoms with E-state index in [0.717, 1.165) is 48.4 Å². The molecule has 3 aromatic rings. The number of amides is 1. The normalized spacial score (nSPS) is 15.8. The van der Waals surface area contributed by atoms with Gasteiger partial charge in [0, 0.05) is 17.5 Å². The SMILES string of the molecule is O=C(N/N=C\c1ccc2ccccc2c1)C1CCN(Cc2ccc(Cl)cc2)CC1. The van der Waals surface area contributed by atoms with Gasteiger partial charge in [0.1, 0.15) is 0 Å². The molecular weight excluding hydrogens is 382 g/mol. The summed E-state index contributed by atoms with van der Waals surface area (Å²) in [5.41, 5.74) is 4.94. The number of rotatable bonds is 5. The molecule has 29 heavy (non-hydrogen) atoms. The number of likely N-dealkylation sites (tertiary alicyclic amines) is 1. The zero-order chi connectivity index (χ0) is 20.1. The number of piperidine rings is 1. The fraction of sp³-hybridized carbons (Fsp3) is 0.250. The summed E-state index contributed by atoms with van der Waals surface area (Å²) in [5, 5.41) is 7.28. The van der Waals surface area contributed by atoms with Crippen molar-refractivity contribution >= 4 is 34.5 Å². The summed E-state index contributed by atoms with van der Waals surface area (Å²) in [6.45, 7) is 2.72. The Bertz CT molecular complexity index is 1010. The molecule has 0 unspecified atom stereocenters. The minimum Gasteiger partial charge on any atom is -0.299 e. The van der Waals surface area contributed by atoms with Gasteiger partial charge in [-0.3, -0.25) is 9.69 Å². The maximum absolute atomic E-state index is 12.4. The van der Waals surface area contributed by atoms with Gasteiger partial charge < -0.3 is 0 Å². The number of hydrogen-bond donors (Lipinski definition) is 1. The Morgan fingerprint density at radius 3 is 2.52 bits per heavy atom. The molecule has 148 valence electrons. The van der Waals surface area contributed by atoms with Gasteiger partial charge in [0.05, 0.1) is 6.21 Å². The van der Waals surface area contributed by atoms with Crippen LogP contribution in [0.5, 0.6) is 0 Å². The molecule has 1 heterocycles. The van der Waals surface area contributed by atoms with Crippen LogP contribution in [0, 0.1) is 5.92 Å². The van der Waals surface area contributed by atoms with Gasteiger partial charge in [0.15, 0.2) is 0 Å². The Labute approximate surface area is 176 Å². The molecule has 1 N–H and O–H groups in total. The average molecular weight is 406 g/mol. The van der Waals surface area contributed by atoms with Gasteiger partial charge in [0.2, 0.25) is 5.91 Å². The summed E-state index contributed by atoms with van der Waals surface area (Å²) < 4.78 is 0. The van der Waals surface area contributed by atoms with Crippen LogP contribution in [0.4, 0.5) is 0 Å². The highest BCUT2D eigenvalue weighted by atomic mass is 35.5. The van der Waals surface area contributed by atoms with Crippen molar-refractivity contribution in [3.8, 4) is 0 Å². The first-order chi connectivity index (χ1) is 14.2. The van der Waals surface area contributed by atoms with Crippen molar-refractivity contribution in [1.29, 1.82) is 0 Å². The van der Waals surface area contributed by atoms with Crippen LogP contribution >= 0.6 is 11.6 Å². The maximum atomic E-state index is 12.4. The predicted octanol–water partition coefficient (Wildman–Crippen LogP) is 4.86. The molecule has 1 amide bonds. The topological polar surface area (TPSA) is 44.7 Å². The molecule has 1 aliphatic heterocycles. The average Bonchev–Trinajstić information content (AvgIpc) is 2.76. The highest BCUT2D eigenvalue weighted by Gasteiger charge is 2.24. The Kier molecular flexibility index (Phi) is 6.23. The summed E-state index contributed by atoms with van der Waals surface area (Å²) in [5.74, 6) is 0.0263. The summed E-state index contributed by atoms with van der Waals surface area (Å²) in [6, 6.07) is 22.3. The lowest BCUT2D eigenvalue weighted by Crippen LogP contribution is -2.39. The van der Waals surface area contributed by atoms with Crippen LogP contribution in [0.1, 0.15) is 24.0 Å². The first-order valence-electron chi connectivity index (χ1n) is 9.96. The van der Waals surface area contributed by atoms with Gasteiger partial charge in [-0.2, -0.15) is 5.10 Å². The van der Waals surface area contributed by atoms with E-state index < -0.39 is 0 Å². The molecule has 0 aromatic heterocycles. The van der Waals surface area contributed by atoms with Crippen molar-refractivity contribution in [1.82, 2.24) is 10.3 Å². The Morgan fingerprint density at radius 2 is 1.76 bits per heavy atom. The third-order valence-electron chi connectivity index (χ3n) is 5.44. The van der Waals surface area contributed by atoms with Crippen LogP contribution in [-0.4, -0.2) is 30.1 Å². The van der Waals surface area contributed by atoms with Crippen LogP contribution in [0.2, 0.25) is 5.02 Å². The summed E-state index contributed by atoms with van der Waals surface area (Å²) >= 11 is 5.95. The molecule has 0 aliphatic carbocycles. The van der Waals surface area contributed by atoms with Crippen molar-refractivity contribution in [3.05, 3.63) is 82.9 Å². The van der Waals surface area contributed by atoms with Gasteiger partial charge in [-0.15, -0.1) is 0 Å². The largest absolute Gasteiger partial charge is 0.299 e. The standard InChI is InChI=1S/C24H24ClN3O/c25-23-9-6-18(7-10-23)17-28-13-11-21(12-14-28)24(29)27-26-16-19-5-8-20-3-1-2-4-22(20)15-19/h1-10,15-16,21H,11-14,17H2,(H,27,29)/b26-16-. The third-order valence-corrected chi connectivity index (χ3v) is 5.69. The van der Waals surface area contributed by atoms with E-state index in [-0.39, 0.29) is 11.8 Å². The smallest absolute Gasteiger partial charge is 0.243 e. The van der Waals surface area contributed by atoms with E-state index in [1.54, 1.807) is 6.21 Å². The fourth-order valence-corrected chi connectivity index (χ4v) is 3.88. The Hall–Kier alpha value is -2.69. The molecular formula is C24H24ClN3O. The summed E-state index contributed by atoms with van der Waals surface area (Å²) in [7, 11) is 0. The summed E-state index contributed by atoms with van der Waals surface area (Å²) in [6.07, 6.45) is 3.41. The molecule has 1 aliphatic rings. The summed E-state index contributed by atoms with van der Waals surface area (Å²) in [4.78, 5) is 14.8. The Morgan fingerprint density at radius 1 is 1.03 bits per heavy atom. The van der Waals surface area contributed by atoms with Gasteiger partial charge in [0.25, 0.3) is 0 Å². The highest BCUT2D eigenvalue weighted by Crippen LogP contribution is 2.20. The van der Waals surface area contributed by atoms with Crippen molar-refractivity contribution in [2.75, 3.05) is 13.1 Å². The van der Waals surface area contributed by atoms with Gasteiger partial charge >= 0.3 is 0 Å². The van der Waals surface area contributed by atoms with E-state index in [4.69, 9.17) is 11.6 Å². The molecule has 1 saturated heterocycles. The van der Waals surface area contributed by atoms with Crippen molar-refractivity contribution in [2.45, 2.75) is 19.4 Å². The van der Waals surface area contributed by atoms with Crippen LogP contribution in [-0.2, 0) is 11.3 Å². The number of halogens is 1. The molecule has 5 heteroatoms. The number of hydrogen-bond acceptors (Lipinski definition) is 3. The second-order valence-corrected chi connectivity index (χ2v) is 7.95. The molecule has 4 nitrogen and oxygen atoms in total. The molecule has 0 atom stereocenters. The lowest BCUT2D eigenvalue weighted by Gasteiger charge is -2.30. The van der Waals surface area contributed by atoms with Crippen LogP contribution in [0.25, 0.3) is 10.8 Å². The minimum absolute atomic E-state index is 0.00758. The van der Waals surface area contributed by atoms with Gasteiger partial charge in [-0.1, -0.05) is 60.1 Å². The number of nitrogens with one attached hydrogen (secondary N) is 1. The maximum Gasteiger partial charge on any atom is 0.243 e. The number of carbonyl (C=O) groups is 1. The van der Waals surface area contributed by atoms with Crippen molar-refractivity contribution in [3.63, 3.8) is 0 Å². The van der Waals surface area contributed by atoms with Crippen LogP contribution < -0.4 is 5.43 Å². The van der Waals surface area contributed by atoms with Crippen molar-refractivity contribution < 1.29 is 4.79 Å². The minimum atomic E-state index is 0.00758. The quantitative estimate of drug-likeness (QED) is 0.487. The highest BCUT2D eigenvalue weighted by molar-refractivity contribution is 6.30. The molecule has 1 fully saturated rings. The lowest BCUT2D eigenvalue weighted by atomic mass is 9.96. The second-order valence-electron chi connectivity index (χ2n) is 7.52. The number of fused-ring (bicyclic) bond motifs is 1. The Balaban J connectivity index is 1.26. The number of hydrazone groups is 1. The van der Waals surface area contributed by atoms with E-state index in [9.17, 15) is 4.79 Å². The molecule has 3 aromatic carbocycles. The van der Waals surface area contributed by atoms with Crippen molar-refractivity contribution in [2.24, 2.45) is 11.0 Å². The third kappa shape index (κ3) is 5.22. The van der Waals surface area contributed by atoms with E-state index in [2.05, 4.69) is 51.8 Å². The number of carbonyl (C=O) groups excluding carboxylic acids is 1.